The van der Waals surface area contributed by atoms with Crippen molar-refractivity contribution in [1.29, 1.82) is 0 Å². The molecule has 142 valence electrons. The van der Waals surface area contributed by atoms with E-state index < -0.39 is 0 Å². The first-order chi connectivity index (χ1) is 13.0. The minimum absolute atomic E-state index is 0.0459. The van der Waals surface area contributed by atoms with Gasteiger partial charge in [0.1, 0.15) is 5.82 Å². The van der Waals surface area contributed by atoms with Crippen molar-refractivity contribution in [3.8, 4) is 0 Å². The SMILES string of the molecule is Cc1ccccc1C(=O)NC1CCN(CC(=O)Nc2cccc(F)c2)CC1. The van der Waals surface area contributed by atoms with E-state index in [9.17, 15) is 14.0 Å². The molecule has 0 radical (unpaired) electrons. The quantitative estimate of drug-likeness (QED) is 0.852. The number of nitrogens with zero attached hydrogens (tertiary/aromatic N) is 1. The number of hydrogen-bond acceptors (Lipinski definition) is 3. The van der Waals surface area contributed by atoms with Crippen molar-refractivity contribution in [3.63, 3.8) is 0 Å². The Balaban J connectivity index is 1.44. The van der Waals surface area contributed by atoms with Crippen LogP contribution in [-0.2, 0) is 4.79 Å². The molecule has 1 aliphatic heterocycles. The Morgan fingerprint density at radius 3 is 2.56 bits per heavy atom. The number of amides is 2. The first kappa shape index (κ1) is 19.0. The van der Waals surface area contributed by atoms with Gasteiger partial charge in [-0.3, -0.25) is 14.5 Å². The van der Waals surface area contributed by atoms with E-state index in [-0.39, 0.29) is 30.2 Å². The molecule has 6 heteroatoms. The summed E-state index contributed by atoms with van der Waals surface area (Å²) >= 11 is 0. The second-order valence-electron chi connectivity index (χ2n) is 6.90. The molecule has 2 aromatic rings. The fourth-order valence-electron chi connectivity index (χ4n) is 3.30. The normalized spacial score (nSPS) is 15.3. The Labute approximate surface area is 158 Å². The van der Waals surface area contributed by atoms with Gasteiger partial charge in [0.2, 0.25) is 5.91 Å². The predicted octanol–water partition coefficient (Wildman–Crippen LogP) is 2.97. The van der Waals surface area contributed by atoms with Crippen LogP contribution in [0.2, 0.25) is 0 Å². The Kier molecular flexibility index (Phi) is 6.19. The van der Waals surface area contributed by atoms with Crippen molar-refractivity contribution in [3.05, 3.63) is 65.5 Å². The predicted molar refractivity (Wildman–Crippen MR) is 103 cm³/mol. The van der Waals surface area contributed by atoms with Crippen LogP contribution in [0.15, 0.2) is 48.5 Å². The van der Waals surface area contributed by atoms with Crippen LogP contribution in [0.4, 0.5) is 10.1 Å². The van der Waals surface area contributed by atoms with Crippen LogP contribution in [0.25, 0.3) is 0 Å². The van der Waals surface area contributed by atoms with Crippen molar-refractivity contribution in [2.45, 2.75) is 25.8 Å². The van der Waals surface area contributed by atoms with Gasteiger partial charge in [-0.25, -0.2) is 4.39 Å². The number of aryl methyl sites for hydroxylation is 1. The average Bonchev–Trinajstić information content (AvgIpc) is 2.63. The molecule has 2 amide bonds. The second-order valence-corrected chi connectivity index (χ2v) is 6.90. The Morgan fingerprint density at radius 2 is 1.85 bits per heavy atom. The maximum absolute atomic E-state index is 13.2. The summed E-state index contributed by atoms with van der Waals surface area (Å²) in [6, 6.07) is 13.5. The first-order valence-corrected chi connectivity index (χ1v) is 9.15. The molecule has 5 nitrogen and oxygen atoms in total. The lowest BCUT2D eigenvalue weighted by Crippen LogP contribution is -2.46. The number of likely N-dealkylation sites (tertiary alicyclic amines) is 1. The van der Waals surface area contributed by atoms with E-state index in [1.165, 1.54) is 12.1 Å². The summed E-state index contributed by atoms with van der Waals surface area (Å²) in [7, 11) is 0. The highest BCUT2D eigenvalue weighted by Gasteiger charge is 2.23. The lowest BCUT2D eigenvalue weighted by atomic mass is 10.0. The molecule has 0 saturated carbocycles. The van der Waals surface area contributed by atoms with Gasteiger partial charge in [-0.05, 0) is 49.6 Å². The van der Waals surface area contributed by atoms with Gasteiger partial charge in [0, 0.05) is 30.4 Å². The van der Waals surface area contributed by atoms with Gasteiger partial charge >= 0.3 is 0 Å². The molecule has 0 bridgehead atoms. The highest BCUT2D eigenvalue weighted by molar-refractivity contribution is 5.95. The number of halogens is 1. The van der Waals surface area contributed by atoms with Crippen molar-refractivity contribution in [2.75, 3.05) is 25.0 Å². The zero-order chi connectivity index (χ0) is 19.2. The van der Waals surface area contributed by atoms with E-state index in [1.807, 2.05) is 36.1 Å². The Hall–Kier alpha value is -2.73. The highest BCUT2D eigenvalue weighted by Crippen LogP contribution is 2.14. The fourth-order valence-corrected chi connectivity index (χ4v) is 3.30. The van der Waals surface area contributed by atoms with E-state index in [1.54, 1.807) is 12.1 Å². The fraction of sp³-hybridized carbons (Fsp3) is 0.333. The summed E-state index contributed by atoms with van der Waals surface area (Å²) in [5, 5.41) is 5.80. The molecule has 2 N–H and O–H groups in total. The van der Waals surface area contributed by atoms with E-state index in [0.717, 1.165) is 31.5 Å². The summed E-state index contributed by atoms with van der Waals surface area (Å²) in [6.07, 6.45) is 1.59. The van der Waals surface area contributed by atoms with E-state index in [2.05, 4.69) is 10.6 Å². The Bertz CT molecular complexity index is 817. The third kappa shape index (κ3) is 5.37. The van der Waals surface area contributed by atoms with Crippen LogP contribution in [0, 0.1) is 12.7 Å². The van der Waals surface area contributed by atoms with Crippen LogP contribution in [-0.4, -0.2) is 42.4 Å². The van der Waals surface area contributed by atoms with Gasteiger partial charge in [-0.2, -0.15) is 0 Å². The molecule has 0 unspecified atom stereocenters. The molecular formula is C21H24FN3O2. The third-order valence-electron chi connectivity index (χ3n) is 4.79. The Morgan fingerprint density at radius 1 is 1.11 bits per heavy atom. The molecular weight excluding hydrogens is 345 g/mol. The summed E-state index contributed by atoms with van der Waals surface area (Å²) in [4.78, 5) is 26.6. The first-order valence-electron chi connectivity index (χ1n) is 9.15. The van der Waals surface area contributed by atoms with E-state index >= 15 is 0 Å². The standard InChI is InChI=1S/C21H24FN3O2/c1-15-5-2-3-8-19(15)21(27)24-17-9-11-25(12-10-17)14-20(26)23-18-7-4-6-16(22)13-18/h2-8,13,17H,9-12,14H2,1H3,(H,23,26)(H,24,27). The van der Waals surface area contributed by atoms with E-state index in [0.29, 0.717) is 11.3 Å². The van der Waals surface area contributed by atoms with Gasteiger partial charge in [-0.1, -0.05) is 24.3 Å². The van der Waals surface area contributed by atoms with Crippen LogP contribution in [0.3, 0.4) is 0 Å². The monoisotopic (exact) mass is 369 g/mol. The number of piperidine rings is 1. The molecule has 0 atom stereocenters. The number of carbonyl (C=O) groups is 2. The largest absolute Gasteiger partial charge is 0.349 e. The van der Waals surface area contributed by atoms with Crippen molar-refractivity contribution >= 4 is 17.5 Å². The lowest BCUT2D eigenvalue weighted by molar-refractivity contribution is -0.117. The lowest BCUT2D eigenvalue weighted by Gasteiger charge is -2.32. The summed E-state index contributed by atoms with van der Waals surface area (Å²) in [5.74, 6) is -0.587. The second kappa shape index (κ2) is 8.77. The number of hydrogen-bond donors (Lipinski definition) is 2. The molecule has 3 rings (SSSR count). The summed E-state index contributed by atoms with van der Waals surface area (Å²) in [5.41, 5.74) is 2.12. The van der Waals surface area contributed by atoms with Crippen molar-refractivity contribution < 1.29 is 14.0 Å². The molecule has 1 aliphatic rings. The van der Waals surface area contributed by atoms with Gasteiger partial charge in [0.05, 0.1) is 6.54 Å². The molecule has 1 saturated heterocycles. The number of carbonyl (C=O) groups excluding carboxylic acids is 2. The minimum atomic E-state index is -0.377. The van der Waals surface area contributed by atoms with Gasteiger partial charge in [-0.15, -0.1) is 0 Å². The van der Waals surface area contributed by atoms with Crippen molar-refractivity contribution in [2.24, 2.45) is 0 Å². The molecule has 0 spiro atoms. The van der Waals surface area contributed by atoms with Crippen LogP contribution >= 0.6 is 0 Å². The molecule has 0 aromatic heterocycles. The molecule has 1 fully saturated rings. The van der Waals surface area contributed by atoms with Crippen LogP contribution in [0.5, 0.6) is 0 Å². The zero-order valence-electron chi connectivity index (χ0n) is 15.4. The highest BCUT2D eigenvalue weighted by atomic mass is 19.1. The maximum atomic E-state index is 13.2. The maximum Gasteiger partial charge on any atom is 0.251 e. The topological polar surface area (TPSA) is 61.4 Å². The number of rotatable bonds is 5. The van der Waals surface area contributed by atoms with Crippen molar-refractivity contribution in [1.82, 2.24) is 10.2 Å². The van der Waals surface area contributed by atoms with Crippen LogP contribution in [0.1, 0.15) is 28.8 Å². The zero-order valence-corrected chi connectivity index (χ0v) is 15.4. The summed E-state index contributed by atoms with van der Waals surface area (Å²) < 4.78 is 13.2. The molecule has 1 heterocycles. The number of anilines is 1. The van der Waals surface area contributed by atoms with Gasteiger partial charge in [0.25, 0.3) is 5.91 Å². The number of nitrogens with one attached hydrogen (secondary N) is 2. The molecule has 0 aliphatic carbocycles. The number of benzene rings is 2. The summed E-state index contributed by atoms with van der Waals surface area (Å²) in [6.45, 7) is 3.65. The van der Waals surface area contributed by atoms with Crippen LogP contribution < -0.4 is 10.6 Å². The van der Waals surface area contributed by atoms with Gasteiger partial charge in [0.15, 0.2) is 0 Å². The molecule has 2 aromatic carbocycles. The smallest absolute Gasteiger partial charge is 0.251 e. The van der Waals surface area contributed by atoms with E-state index in [4.69, 9.17) is 0 Å². The third-order valence-corrected chi connectivity index (χ3v) is 4.79. The van der Waals surface area contributed by atoms with Gasteiger partial charge < -0.3 is 10.6 Å². The average molecular weight is 369 g/mol. The molecule has 27 heavy (non-hydrogen) atoms. The minimum Gasteiger partial charge on any atom is -0.349 e.